The highest BCUT2D eigenvalue weighted by atomic mass is 16.3. The lowest BCUT2D eigenvalue weighted by molar-refractivity contribution is 0.101. The van der Waals surface area contributed by atoms with Gasteiger partial charge in [-0.25, -0.2) is 0 Å². The van der Waals surface area contributed by atoms with Crippen LogP contribution < -0.4 is 0 Å². The highest BCUT2D eigenvalue weighted by Crippen LogP contribution is 2.35. The third-order valence-electron chi connectivity index (χ3n) is 3.44. The first-order valence-corrected chi connectivity index (χ1v) is 6.53. The van der Waals surface area contributed by atoms with Gasteiger partial charge in [-0.2, -0.15) is 0 Å². The topological polar surface area (TPSA) is 37.3 Å². The number of phenolic OH excluding ortho intramolecular Hbond substituents is 1. The van der Waals surface area contributed by atoms with E-state index in [1.165, 1.54) is 0 Å². The van der Waals surface area contributed by atoms with E-state index in [9.17, 15) is 9.90 Å². The van der Waals surface area contributed by atoms with Crippen molar-refractivity contribution >= 4 is 5.78 Å². The first-order valence-electron chi connectivity index (χ1n) is 6.53. The zero-order valence-electron chi connectivity index (χ0n) is 11.3. The van der Waals surface area contributed by atoms with E-state index in [-0.39, 0.29) is 17.5 Å². The Labute approximate surface area is 113 Å². The van der Waals surface area contributed by atoms with Gasteiger partial charge in [-0.05, 0) is 25.0 Å². The molecule has 0 amide bonds. The van der Waals surface area contributed by atoms with E-state index in [1.54, 1.807) is 13.0 Å². The molecule has 2 aromatic carbocycles. The molecule has 98 valence electrons. The summed E-state index contributed by atoms with van der Waals surface area (Å²) in [6.07, 6.45) is 0.835. The summed E-state index contributed by atoms with van der Waals surface area (Å²) >= 11 is 0. The average Bonchev–Trinajstić information content (AvgIpc) is 2.42. The SMILES string of the molecule is CCC(c1ccccc1O)c1ccccc1C(C)=O. The summed E-state index contributed by atoms with van der Waals surface area (Å²) in [5.74, 6) is 0.387. The number of hydrogen-bond donors (Lipinski definition) is 1. The van der Waals surface area contributed by atoms with Gasteiger partial charge in [0.15, 0.2) is 5.78 Å². The molecule has 1 atom stereocenters. The molecule has 0 heterocycles. The second kappa shape index (κ2) is 5.70. The predicted octanol–water partition coefficient (Wildman–Crippen LogP) is 4.14. The van der Waals surface area contributed by atoms with Crippen molar-refractivity contribution < 1.29 is 9.90 Å². The molecule has 0 aliphatic heterocycles. The third kappa shape index (κ3) is 2.68. The van der Waals surface area contributed by atoms with E-state index in [4.69, 9.17) is 0 Å². The van der Waals surface area contributed by atoms with Crippen LogP contribution in [-0.2, 0) is 0 Å². The zero-order chi connectivity index (χ0) is 13.8. The van der Waals surface area contributed by atoms with E-state index in [2.05, 4.69) is 6.92 Å². The molecule has 0 aliphatic carbocycles. The number of carbonyl (C=O) groups is 1. The smallest absolute Gasteiger partial charge is 0.160 e. The highest BCUT2D eigenvalue weighted by molar-refractivity contribution is 5.95. The number of phenols is 1. The maximum Gasteiger partial charge on any atom is 0.160 e. The standard InChI is InChI=1S/C17H18O2/c1-3-13(16-10-6-7-11-17(16)19)15-9-5-4-8-14(15)12(2)18/h4-11,13,19H,3H2,1-2H3. The number of Topliss-reactive ketones (excluding diaryl/α,β-unsaturated/α-hetero) is 1. The molecule has 0 aliphatic rings. The second-order valence-electron chi connectivity index (χ2n) is 4.66. The minimum atomic E-state index is 0.0429. The number of carbonyl (C=O) groups excluding carboxylic acids is 1. The Balaban J connectivity index is 2.55. The Morgan fingerprint density at radius 1 is 1.05 bits per heavy atom. The predicted molar refractivity (Wildman–Crippen MR) is 76.7 cm³/mol. The molecule has 2 rings (SSSR count). The second-order valence-corrected chi connectivity index (χ2v) is 4.66. The van der Waals surface area contributed by atoms with Crippen LogP contribution in [0.4, 0.5) is 0 Å². The number of aromatic hydroxyl groups is 1. The first kappa shape index (κ1) is 13.3. The molecule has 2 heteroatoms. The Morgan fingerprint density at radius 2 is 1.63 bits per heavy atom. The molecule has 1 N–H and O–H groups in total. The van der Waals surface area contributed by atoms with Gasteiger partial charge in [-0.15, -0.1) is 0 Å². The van der Waals surface area contributed by atoms with E-state index < -0.39 is 0 Å². The first-order chi connectivity index (χ1) is 9.15. The van der Waals surface area contributed by atoms with Crippen molar-refractivity contribution in [1.82, 2.24) is 0 Å². The minimum absolute atomic E-state index is 0.0429. The number of ketones is 1. The quantitative estimate of drug-likeness (QED) is 0.833. The van der Waals surface area contributed by atoms with E-state index in [0.717, 1.165) is 23.1 Å². The lowest BCUT2D eigenvalue weighted by Gasteiger charge is -2.19. The Hall–Kier alpha value is -2.09. The molecule has 0 aromatic heterocycles. The molecule has 0 spiro atoms. The monoisotopic (exact) mass is 254 g/mol. The van der Waals surface area contributed by atoms with E-state index >= 15 is 0 Å². The van der Waals surface area contributed by atoms with E-state index in [0.29, 0.717) is 0 Å². The molecule has 0 fully saturated rings. The Kier molecular flexibility index (Phi) is 4.00. The maximum atomic E-state index is 11.7. The molecule has 0 bridgehead atoms. The van der Waals surface area contributed by atoms with Crippen molar-refractivity contribution in [2.75, 3.05) is 0 Å². The van der Waals surface area contributed by atoms with Crippen molar-refractivity contribution in [2.24, 2.45) is 0 Å². The summed E-state index contributed by atoms with van der Waals surface area (Å²) in [5, 5.41) is 10.0. The lowest BCUT2D eigenvalue weighted by atomic mass is 9.85. The summed E-state index contributed by atoms with van der Waals surface area (Å²) in [5.41, 5.74) is 2.59. The van der Waals surface area contributed by atoms with E-state index in [1.807, 2.05) is 42.5 Å². The highest BCUT2D eigenvalue weighted by Gasteiger charge is 2.19. The van der Waals surface area contributed by atoms with Gasteiger partial charge in [0.25, 0.3) is 0 Å². The van der Waals surface area contributed by atoms with Crippen LogP contribution in [0.25, 0.3) is 0 Å². The van der Waals surface area contributed by atoms with Gasteiger partial charge in [0.1, 0.15) is 5.75 Å². The fourth-order valence-electron chi connectivity index (χ4n) is 2.51. The third-order valence-corrected chi connectivity index (χ3v) is 3.44. The van der Waals surface area contributed by atoms with Crippen LogP contribution in [0.15, 0.2) is 48.5 Å². The number of para-hydroxylation sites is 1. The van der Waals surface area contributed by atoms with Gasteiger partial charge < -0.3 is 5.11 Å². The van der Waals surface area contributed by atoms with Crippen LogP contribution in [0.5, 0.6) is 5.75 Å². The van der Waals surface area contributed by atoms with Crippen LogP contribution in [0.3, 0.4) is 0 Å². The van der Waals surface area contributed by atoms with Crippen LogP contribution in [0.2, 0.25) is 0 Å². The Morgan fingerprint density at radius 3 is 2.21 bits per heavy atom. The number of benzene rings is 2. The van der Waals surface area contributed by atoms with Gasteiger partial charge in [0.05, 0.1) is 0 Å². The van der Waals surface area contributed by atoms with Crippen molar-refractivity contribution in [2.45, 2.75) is 26.2 Å². The van der Waals surface area contributed by atoms with Crippen LogP contribution in [-0.4, -0.2) is 10.9 Å². The van der Waals surface area contributed by atoms with Crippen molar-refractivity contribution in [1.29, 1.82) is 0 Å². The average molecular weight is 254 g/mol. The molecule has 19 heavy (non-hydrogen) atoms. The van der Waals surface area contributed by atoms with Crippen molar-refractivity contribution in [3.8, 4) is 5.75 Å². The summed E-state index contributed by atoms with van der Waals surface area (Å²) in [7, 11) is 0. The molecule has 2 aromatic rings. The fraction of sp³-hybridized carbons (Fsp3) is 0.235. The van der Waals surface area contributed by atoms with Gasteiger partial charge in [-0.1, -0.05) is 49.4 Å². The summed E-state index contributed by atoms with van der Waals surface area (Å²) in [6, 6.07) is 14.9. The van der Waals surface area contributed by atoms with Gasteiger partial charge >= 0.3 is 0 Å². The van der Waals surface area contributed by atoms with Crippen LogP contribution in [0, 0.1) is 0 Å². The fourth-order valence-corrected chi connectivity index (χ4v) is 2.51. The van der Waals surface area contributed by atoms with Gasteiger partial charge in [-0.3, -0.25) is 4.79 Å². The molecule has 0 saturated heterocycles. The molecular weight excluding hydrogens is 236 g/mol. The van der Waals surface area contributed by atoms with Gasteiger partial charge in [0.2, 0.25) is 0 Å². The van der Waals surface area contributed by atoms with Crippen LogP contribution >= 0.6 is 0 Å². The molecule has 1 unspecified atom stereocenters. The van der Waals surface area contributed by atoms with Gasteiger partial charge in [0, 0.05) is 17.0 Å². The Bertz CT molecular complexity index is 587. The largest absolute Gasteiger partial charge is 0.508 e. The molecule has 2 nitrogen and oxygen atoms in total. The summed E-state index contributed by atoms with van der Waals surface area (Å²) < 4.78 is 0. The minimum Gasteiger partial charge on any atom is -0.508 e. The summed E-state index contributed by atoms with van der Waals surface area (Å²) in [6.45, 7) is 3.64. The zero-order valence-corrected chi connectivity index (χ0v) is 11.3. The number of hydrogen-bond acceptors (Lipinski definition) is 2. The summed E-state index contributed by atoms with van der Waals surface area (Å²) in [4.78, 5) is 11.7. The van der Waals surface area contributed by atoms with Crippen molar-refractivity contribution in [3.63, 3.8) is 0 Å². The molecule has 0 saturated carbocycles. The van der Waals surface area contributed by atoms with Crippen LogP contribution in [0.1, 0.15) is 47.7 Å². The van der Waals surface area contributed by atoms with Crippen molar-refractivity contribution in [3.05, 3.63) is 65.2 Å². The maximum absolute atomic E-state index is 11.7. The number of rotatable bonds is 4. The normalized spacial score (nSPS) is 12.1. The molecular formula is C17H18O2. The molecule has 0 radical (unpaired) electrons. The lowest BCUT2D eigenvalue weighted by Crippen LogP contribution is -2.06.